The fraction of sp³-hybridized carbons (Fsp3) is 0.632. The Bertz CT molecular complexity index is 496. The van der Waals surface area contributed by atoms with Crippen molar-refractivity contribution in [3.63, 3.8) is 0 Å². The molecule has 4 nitrogen and oxygen atoms in total. The fourth-order valence-electron chi connectivity index (χ4n) is 3.21. The minimum atomic E-state index is 0. The van der Waals surface area contributed by atoms with Crippen LogP contribution in [0.2, 0.25) is 0 Å². The Balaban J connectivity index is 0.00000288. The van der Waals surface area contributed by atoms with Crippen molar-refractivity contribution in [2.24, 2.45) is 10.9 Å². The van der Waals surface area contributed by atoms with Gasteiger partial charge < -0.3 is 10.6 Å². The number of nitrogens with one attached hydrogen (secondary N) is 2. The molecule has 1 aliphatic rings. The average Bonchev–Trinajstić information content (AvgIpc) is 2.54. The van der Waals surface area contributed by atoms with Crippen molar-refractivity contribution < 1.29 is 0 Å². The molecule has 0 saturated carbocycles. The first-order valence-electron chi connectivity index (χ1n) is 9.04. The Hall–Kier alpha value is -0.820. The molecule has 2 rings (SSSR count). The van der Waals surface area contributed by atoms with Crippen LogP contribution in [0.25, 0.3) is 0 Å². The minimum absolute atomic E-state index is 0. The zero-order valence-corrected chi connectivity index (χ0v) is 17.7. The van der Waals surface area contributed by atoms with Crippen LogP contribution in [0.5, 0.6) is 0 Å². The van der Waals surface area contributed by atoms with Crippen molar-refractivity contribution in [3.05, 3.63) is 35.4 Å². The molecule has 136 valence electrons. The van der Waals surface area contributed by atoms with E-state index in [1.807, 2.05) is 0 Å². The van der Waals surface area contributed by atoms with E-state index < -0.39 is 0 Å². The molecule has 2 N–H and O–H groups in total. The Kier molecular flexibility index (Phi) is 10.3. The van der Waals surface area contributed by atoms with Gasteiger partial charge in [0.25, 0.3) is 0 Å². The molecule has 24 heavy (non-hydrogen) atoms. The Morgan fingerprint density at radius 2 is 1.83 bits per heavy atom. The molecule has 1 saturated heterocycles. The zero-order chi connectivity index (χ0) is 16.5. The lowest BCUT2D eigenvalue weighted by Gasteiger charge is -2.31. The van der Waals surface area contributed by atoms with Gasteiger partial charge in [-0.15, -0.1) is 24.0 Å². The van der Waals surface area contributed by atoms with Crippen molar-refractivity contribution in [1.29, 1.82) is 0 Å². The Morgan fingerprint density at radius 1 is 1.17 bits per heavy atom. The number of piperidine rings is 1. The molecule has 0 spiro atoms. The first-order chi connectivity index (χ1) is 11.2. The summed E-state index contributed by atoms with van der Waals surface area (Å²) in [5.41, 5.74) is 2.75. The molecule has 0 aromatic heterocycles. The summed E-state index contributed by atoms with van der Waals surface area (Å²) in [6.07, 6.45) is 2.70. The highest BCUT2D eigenvalue weighted by atomic mass is 127. The monoisotopic (exact) mass is 444 g/mol. The van der Waals surface area contributed by atoms with Crippen LogP contribution in [0.15, 0.2) is 29.3 Å². The topological polar surface area (TPSA) is 39.7 Å². The van der Waals surface area contributed by atoms with Gasteiger partial charge in [0.05, 0.1) is 6.54 Å². The summed E-state index contributed by atoms with van der Waals surface area (Å²) in [6.45, 7) is 12.6. The molecule has 1 unspecified atom stereocenters. The van der Waals surface area contributed by atoms with Gasteiger partial charge in [-0.1, -0.05) is 31.2 Å². The lowest BCUT2D eigenvalue weighted by atomic mass is 9.99. The highest BCUT2D eigenvalue weighted by Gasteiger charge is 2.17. The maximum Gasteiger partial charge on any atom is 0.191 e. The third-order valence-corrected chi connectivity index (χ3v) is 4.35. The van der Waals surface area contributed by atoms with E-state index in [4.69, 9.17) is 4.99 Å². The summed E-state index contributed by atoms with van der Waals surface area (Å²) < 4.78 is 0. The third kappa shape index (κ3) is 6.97. The molecule has 0 aliphatic carbocycles. The molecule has 0 bridgehead atoms. The van der Waals surface area contributed by atoms with E-state index in [-0.39, 0.29) is 24.0 Å². The molecule has 1 aromatic carbocycles. The lowest BCUT2D eigenvalue weighted by Crippen LogP contribution is -2.37. The van der Waals surface area contributed by atoms with Crippen LogP contribution in [0, 0.1) is 5.92 Å². The van der Waals surface area contributed by atoms with E-state index >= 15 is 0 Å². The quantitative estimate of drug-likeness (QED) is 0.400. The van der Waals surface area contributed by atoms with Crippen molar-refractivity contribution >= 4 is 29.9 Å². The predicted molar refractivity (Wildman–Crippen MR) is 114 cm³/mol. The molecule has 0 radical (unpaired) electrons. The number of nitrogens with zero attached hydrogens (tertiary/aromatic N) is 2. The van der Waals surface area contributed by atoms with E-state index in [9.17, 15) is 0 Å². The standard InChI is InChI=1S/C19H32N4.HI/c1-4-20-19(21-5-2)22-13-17-10-6-7-11-18(17)15-23-12-8-9-16(3)14-23;/h6-7,10-11,16H,4-5,8-9,12-15H2,1-3H3,(H2,20,21,22);1H. The van der Waals surface area contributed by atoms with Crippen LogP contribution in [0.3, 0.4) is 0 Å². The Morgan fingerprint density at radius 3 is 2.46 bits per heavy atom. The van der Waals surface area contributed by atoms with Gasteiger partial charge >= 0.3 is 0 Å². The number of hydrogen-bond donors (Lipinski definition) is 2. The van der Waals surface area contributed by atoms with Crippen LogP contribution in [-0.4, -0.2) is 37.0 Å². The van der Waals surface area contributed by atoms with E-state index in [0.29, 0.717) is 0 Å². The summed E-state index contributed by atoms with van der Waals surface area (Å²) in [5.74, 6) is 1.72. The molecule has 1 aliphatic heterocycles. The summed E-state index contributed by atoms with van der Waals surface area (Å²) in [4.78, 5) is 7.31. The lowest BCUT2D eigenvalue weighted by molar-refractivity contribution is 0.176. The molecule has 0 amide bonds. The first kappa shape index (κ1) is 21.2. The van der Waals surface area contributed by atoms with Gasteiger partial charge in [-0.25, -0.2) is 4.99 Å². The van der Waals surface area contributed by atoms with Crippen molar-refractivity contribution in [2.45, 2.75) is 46.7 Å². The number of rotatable bonds is 6. The first-order valence-corrected chi connectivity index (χ1v) is 9.04. The predicted octanol–water partition coefficient (Wildman–Crippen LogP) is 3.61. The molecule has 1 fully saturated rings. The van der Waals surface area contributed by atoms with E-state index in [1.165, 1.54) is 37.1 Å². The van der Waals surface area contributed by atoms with Crippen LogP contribution in [0.4, 0.5) is 0 Å². The second kappa shape index (κ2) is 11.7. The number of guanidine groups is 1. The maximum absolute atomic E-state index is 4.72. The normalized spacial score (nSPS) is 17.7. The maximum atomic E-state index is 4.72. The molecule has 1 aromatic rings. The largest absolute Gasteiger partial charge is 0.357 e. The molecule has 1 heterocycles. The third-order valence-electron chi connectivity index (χ3n) is 4.35. The minimum Gasteiger partial charge on any atom is -0.357 e. The number of benzene rings is 1. The van der Waals surface area contributed by atoms with E-state index in [2.05, 4.69) is 60.6 Å². The summed E-state index contributed by atoms with van der Waals surface area (Å²) in [5, 5.41) is 6.58. The summed E-state index contributed by atoms with van der Waals surface area (Å²) in [7, 11) is 0. The highest BCUT2D eigenvalue weighted by molar-refractivity contribution is 14.0. The van der Waals surface area contributed by atoms with E-state index in [1.54, 1.807) is 0 Å². The van der Waals surface area contributed by atoms with Gasteiger partial charge in [-0.05, 0) is 50.3 Å². The van der Waals surface area contributed by atoms with Gasteiger partial charge in [-0.3, -0.25) is 4.90 Å². The van der Waals surface area contributed by atoms with Gasteiger partial charge in [-0.2, -0.15) is 0 Å². The van der Waals surface area contributed by atoms with Gasteiger partial charge in [0.15, 0.2) is 5.96 Å². The second-order valence-corrected chi connectivity index (χ2v) is 6.48. The van der Waals surface area contributed by atoms with Crippen LogP contribution >= 0.6 is 24.0 Å². The molecular weight excluding hydrogens is 411 g/mol. The number of aliphatic imine (C=N–C) groups is 1. The van der Waals surface area contributed by atoms with Crippen molar-refractivity contribution in [2.75, 3.05) is 26.2 Å². The highest BCUT2D eigenvalue weighted by Crippen LogP contribution is 2.19. The number of hydrogen-bond acceptors (Lipinski definition) is 2. The van der Waals surface area contributed by atoms with Gasteiger partial charge in [0.2, 0.25) is 0 Å². The molecule has 5 heteroatoms. The average molecular weight is 444 g/mol. The van der Waals surface area contributed by atoms with Crippen LogP contribution in [0.1, 0.15) is 44.7 Å². The Labute approximate surface area is 164 Å². The molecule has 1 atom stereocenters. The fourth-order valence-corrected chi connectivity index (χ4v) is 3.21. The van der Waals surface area contributed by atoms with Gasteiger partial charge in [0, 0.05) is 26.2 Å². The zero-order valence-electron chi connectivity index (χ0n) is 15.3. The smallest absolute Gasteiger partial charge is 0.191 e. The summed E-state index contributed by atoms with van der Waals surface area (Å²) >= 11 is 0. The van der Waals surface area contributed by atoms with Crippen LogP contribution < -0.4 is 10.6 Å². The van der Waals surface area contributed by atoms with Crippen molar-refractivity contribution in [1.82, 2.24) is 15.5 Å². The van der Waals surface area contributed by atoms with Gasteiger partial charge in [0.1, 0.15) is 0 Å². The molecular formula is C19H33IN4. The summed E-state index contributed by atoms with van der Waals surface area (Å²) in [6, 6.07) is 8.73. The SMILES string of the molecule is CCNC(=NCc1ccccc1CN1CCCC(C)C1)NCC.I. The number of likely N-dealkylation sites (tertiary alicyclic amines) is 1. The van der Waals surface area contributed by atoms with E-state index in [0.717, 1.165) is 38.1 Å². The second-order valence-electron chi connectivity index (χ2n) is 6.48. The van der Waals surface area contributed by atoms with Crippen LogP contribution in [-0.2, 0) is 13.1 Å². The van der Waals surface area contributed by atoms with Crippen molar-refractivity contribution in [3.8, 4) is 0 Å². The number of halogens is 1.